The highest BCUT2D eigenvalue weighted by Gasteiger charge is 2.12. The summed E-state index contributed by atoms with van der Waals surface area (Å²) in [5, 5.41) is 6.74. The van der Waals surface area contributed by atoms with Crippen LogP contribution in [0.3, 0.4) is 0 Å². The van der Waals surface area contributed by atoms with Gasteiger partial charge in [0.05, 0.1) is 12.2 Å². The van der Waals surface area contributed by atoms with Crippen molar-refractivity contribution in [2.75, 3.05) is 13.1 Å². The van der Waals surface area contributed by atoms with Crippen LogP contribution in [0.15, 0.2) is 12.3 Å². The Morgan fingerprint density at radius 3 is 3.00 bits per heavy atom. The van der Waals surface area contributed by atoms with Crippen LogP contribution >= 0.6 is 0 Å². The number of nitrogens with zero attached hydrogens (tertiary/aromatic N) is 3. The topological polar surface area (TPSA) is 33.1 Å². The molecule has 1 aromatic rings. The Hall–Kier alpha value is -0.870. The van der Waals surface area contributed by atoms with Gasteiger partial charge in [-0.3, -0.25) is 10.1 Å². The molecule has 14 heavy (non-hydrogen) atoms. The molecule has 0 radical (unpaired) electrons. The molecule has 1 aliphatic rings. The number of hydrazine groups is 1. The van der Waals surface area contributed by atoms with Gasteiger partial charge in [0.2, 0.25) is 0 Å². The van der Waals surface area contributed by atoms with Gasteiger partial charge >= 0.3 is 0 Å². The Labute approximate surface area is 84.9 Å². The lowest BCUT2D eigenvalue weighted by molar-refractivity contribution is 0.240. The average Bonchev–Trinajstić information content (AvgIpc) is 2.75. The third-order valence-corrected chi connectivity index (χ3v) is 2.49. The van der Waals surface area contributed by atoms with E-state index in [1.54, 1.807) is 0 Å². The first-order valence-corrected chi connectivity index (χ1v) is 5.28. The number of aromatic nitrogens is 2. The smallest absolute Gasteiger partial charge is 0.0779 e. The third kappa shape index (κ3) is 2.13. The molecule has 0 amide bonds. The lowest BCUT2D eigenvalue weighted by Crippen LogP contribution is -2.30. The SMILES string of the molecule is CC(C)n1ccc(CN2CCCN2)n1. The van der Waals surface area contributed by atoms with Crippen molar-refractivity contribution in [3.63, 3.8) is 0 Å². The first-order valence-electron chi connectivity index (χ1n) is 5.28. The second kappa shape index (κ2) is 4.11. The van der Waals surface area contributed by atoms with E-state index in [9.17, 15) is 0 Å². The fourth-order valence-electron chi connectivity index (χ4n) is 1.67. The van der Waals surface area contributed by atoms with Crippen molar-refractivity contribution in [3.8, 4) is 0 Å². The molecule has 4 heteroatoms. The molecule has 0 unspecified atom stereocenters. The minimum absolute atomic E-state index is 0.454. The highest BCUT2D eigenvalue weighted by atomic mass is 15.5. The molecule has 4 nitrogen and oxygen atoms in total. The third-order valence-electron chi connectivity index (χ3n) is 2.49. The molecule has 0 aromatic carbocycles. The Kier molecular flexibility index (Phi) is 2.84. The van der Waals surface area contributed by atoms with E-state index < -0.39 is 0 Å². The molecule has 1 N–H and O–H groups in total. The van der Waals surface area contributed by atoms with Crippen molar-refractivity contribution in [1.82, 2.24) is 20.2 Å². The molecular weight excluding hydrogens is 176 g/mol. The number of rotatable bonds is 3. The van der Waals surface area contributed by atoms with Gasteiger partial charge in [0.15, 0.2) is 0 Å². The number of nitrogens with one attached hydrogen (secondary N) is 1. The Morgan fingerprint density at radius 2 is 2.43 bits per heavy atom. The molecule has 1 aromatic heterocycles. The molecule has 0 spiro atoms. The zero-order chi connectivity index (χ0) is 9.97. The molecule has 1 fully saturated rings. The van der Waals surface area contributed by atoms with Crippen LogP contribution in [0.1, 0.15) is 32.0 Å². The molecule has 1 aliphatic heterocycles. The van der Waals surface area contributed by atoms with E-state index in [1.165, 1.54) is 6.42 Å². The Balaban J connectivity index is 1.95. The van der Waals surface area contributed by atoms with E-state index in [0.717, 1.165) is 25.3 Å². The van der Waals surface area contributed by atoms with E-state index in [1.807, 2.05) is 4.68 Å². The molecule has 2 heterocycles. The summed E-state index contributed by atoms with van der Waals surface area (Å²) in [5.74, 6) is 0. The van der Waals surface area contributed by atoms with Gasteiger partial charge in [-0.05, 0) is 26.3 Å². The molecule has 0 saturated carbocycles. The van der Waals surface area contributed by atoms with Crippen LogP contribution in [0.4, 0.5) is 0 Å². The minimum Gasteiger partial charge on any atom is -0.270 e. The first kappa shape index (κ1) is 9.68. The molecule has 78 valence electrons. The predicted molar refractivity (Wildman–Crippen MR) is 55.6 cm³/mol. The molecule has 1 saturated heterocycles. The molecule has 0 atom stereocenters. The zero-order valence-electron chi connectivity index (χ0n) is 8.90. The molecule has 0 aliphatic carbocycles. The summed E-state index contributed by atoms with van der Waals surface area (Å²) in [6, 6.07) is 2.55. The summed E-state index contributed by atoms with van der Waals surface area (Å²) in [6.45, 7) is 7.44. The van der Waals surface area contributed by atoms with Crippen LogP contribution < -0.4 is 5.43 Å². The van der Waals surface area contributed by atoms with E-state index in [-0.39, 0.29) is 0 Å². The Bertz CT molecular complexity index is 286. The molecule has 0 bridgehead atoms. The van der Waals surface area contributed by atoms with Gasteiger partial charge < -0.3 is 0 Å². The Morgan fingerprint density at radius 1 is 1.57 bits per heavy atom. The number of hydrogen-bond donors (Lipinski definition) is 1. The second-order valence-corrected chi connectivity index (χ2v) is 4.06. The highest BCUT2D eigenvalue weighted by Crippen LogP contribution is 2.07. The van der Waals surface area contributed by atoms with Gasteiger partial charge in [0.1, 0.15) is 0 Å². The van der Waals surface area contributed by atoms with Crippen LogP contribution in [0.2, 0.25) is 0 Å². The maximum atomic E-state index is 4.51. The van der Waals surface area contributed by atoms with E-state index in [0.29, 0.717) is 6.04 Å². The fourth-order valence-corrected chi connectivity index (χ4v) is 1.67. The molecular formula is C10H18N4. The van der Waals surface area contributed by atoms with Crippen molar-refractivity contribution in [2.45, 2.75) is 32.9 Å². The van der Waals surface area contributed by atoms with Crippen LogP contribution in [0.25, 0.3) is 0 Å². The lowest BCUT2D eigenvalue weighted by atomic mass is 10.4. The van der Waals surface area contributed by atoms with Crippen LogP contribution in [0, 0.1) is 0 Å². The van der Waals surface area contributed by atoms with Gasteiger partial charge in [-0.25, -0.2) is 5.01 Å². The fraction of sp³-hybridized carbons (Fsp3) is 0.700. The monoisotopic (exact) mass is 194 g/mol. The second-order valence-electron chi connectivity index (χ2n) is 4.06. The van der Waals surface area contributed by atoms with E-state index in [2.05, 4.69) is 41.6 Å². The summed E-state index contributed by atoms with van der Waals surface area (Å²) in [6.07, 6.45) is 3.29. The van der Waals surface area contributed by atoms with Crippen molar-refractivity contribution in [2.24, 2.45) is 0 Å². The van der Waals surface area contributed by atoms with E-state index in [4.69, 9.17) is 0 Å². The van der Waals surface area contributed by atoms with Crippen LogP contribution in [-0.2, 0) is 6.54 Å². The quantitative estimate of drug-likeness (QED) is 0.784. The maximum Gasteiger partial charge on any atom is 0.0779 e. The lowest BCUT2D eigenvalue weighted by Gasteiger charge is -2.12. The van der Waals surface area contributed by atoms with Crippen LogP contribution in [-0.4, -0.2) is 27.9 Å². The summed E-state index contributed by atoms with van der Waals surface area (Å²) in [5.41, 5.74) is 4.47. The maximum absolute atomic E-state index is 4.51. The number of hydrogen-bond acceptors (Lipinski definition) is 3. The van der Waals surface area contributed by atoms with Crippen molar-refractivity contribution < 1.29 is 0 Å². The molecule has 2 rings (SSSR count). The van der Waals surface area contributed by atoms with Gasteiger partial charge in [-0.2, -0.15) is 5.10 Å². The predicted octanol–water partition coefficient (Wildman–Crippen LogP) is 1.17. The van der Waals surface area contributed by atoms with Crippen molar-refractivity contribution >= 4 is 0 Å². The van der Waals surface area contributed by atoms with E-state index >= 15 is 0 Å². The van der Waals surface area contributed by atoms with Gasteiger partial charge in [0.25, 0.3) is 0 Å². The van der Waals surface area contributed by atoms with Gasteiger partial charge in [-0.15, -0.1) is 0 Å². The summed E-state index contributed by atoms with van der Waals surface area (Å²) < 4.78 is 2.01. The van der Waals surface area contributed by atoms with Gasteiger partial charge in [0, 0.05) is 25.3 Å². The summed E-state index contributed by atoms with van der Waals surface area (Å²) in [7, 11) is 0. The normalized spacial score (nSPS) is 18.2. The zero-order valence-corrected chi connectivity index (χ0v) is 8.90. The van der Waals surface area contributed by atoms with Crippen LogP contribution in [0.5, 0.6) is 0 Å². The first-order chi connectivity index (χ1) is 6.75. The van der Waals surface area contributed by atoms with Crippen molar-refractivity contribution in [1.29, 1.82) is 0 Å². The standard InChI is InChI=1S/C10H18N4/c1-9(2)14-7-4-10(12-14)8-13-6-3-5-11-13/h4,7,9,11H,3,5-6,8H2,1-2H3. The largest absolute Gasteiger partial charge is 0.270 e. The minimum atomic E-state index is 0.454. The van der Waals surface area contributed by atoms with Gasteiger partial charge in [-0.1, -0.05) is 0 Å². The average molecular weight is 194 g/mol. The summed E-state index contributed by atoms with van der Waals surface area (Å²) in [4.78, 5) is 0. The summed E-state index contributed by atoms with van der Waals surface area (Å²) >= 11 is 0. The van der Waals surface area contributed by atoms with Crippen molar-refractivity contribution in [3.05, 3.63) is 18.0 Å². The highest BCUT2D eigenvalue weighted by molar-refractivity contribution is 4.99.